The van der Waals surface area contributed by atoms with E-state index in [1.165, 1.54) is 18.2 Å². The quantitative estimate of drug-likeness (QED) is 0.858. The second kappa shape index (κ2) is 5.30. The van der Waals surface area contributed by atoms with Crippen LogP contribution in [-0.4, -0.2) is 12.2 Å². The van der Waals surface area contributed by atoms with Gasteiger partial charge in [-0.15, -0.1) is 0 Å². The first-order valence-corrected chi connectivity index (χ1v) is 5.43. The smallest absolute Gasteiger partial charge is 0.252 e. The molecule has 0 bridgehead atoms. The van der Waals surface area contributed by atoms with Crippen LogP contribution in [0.1, 0.15) is 20.7 Å². The van der Waals surface area contributed by atoms with E-state index in [-0.39, 0.29) is 22.6 Å². The fourth-order valence-electron chi connectivity index (χ4n) is 1.58. The van der Waals surface area contributed by atoms with Crippen molar-refractivity contribution < 1.29 is 18.7 Å². The Morgan fingerprint density at radius 3 is 2.58 bits per heavy atom. The lowest BCUT2D eigenvalue weighted by Crippen LogP contribution is -2.12. The van der Waals surface area contributed by atoms with Gasteiger partial charge >= 0.3 is 0 Å². The zero-order valence-electron chi connectivity index (χ0n) is 9.80. The number of carbonyl (C=O) groups is 2. The summed E-state index contributed by atoms with van der Waals surface area (Å²) in [5.74, 6) is -0.821. The molecule has 0 spiro atoms. The molecule has 2 rings (SSSR count). The largest absolute Gasteiger partial charge is 0.456 e. The molecule has 19 heavy (non-hydrogen) atoms. The number of rotatable bonds is 4. The van der Waals surface area contributed by atoms with E-state index in [1.807, 2.05) is 0 Å². The van der Waals surface area contributed by atoms with Crippen molar-refractivity contribution in [3.8, 4) is 11.5 Å². The van der Waals surface area contributed by atoms with Gasteiger partial charge in [0.2, 0.25) is 0 Å². The Morgan fingerprint density at radius 2 is 1.89 bits per heavy atom. The molecule has 5 heteroatoms. The van der Waals surface area contributed by atoms with E-state index in [0.29, 0.717) is 6.29 Å². The number of hydrogen-bond donors (Lipinski definition) is 1. The third kappa shape index (κ3) is 2.77. The minimum atomic E-state index is -0.648. The summed E-state index contributed by atoms with van der Waals surface area (Å²) in [5, 5.41) is 0. The van der Waals surface area contributed by atoms with Gasteiger partial charge in [0.15, 0.2) is 6.29 Å². The highest BCUT2D eigenvalue weighted by molar-refractivity contribution is 5.95. The van der Waals surface area contributed by atoms with Gasteiger partial charge in [0.25, 0.3) is 5.91 Å². The normalized spacial score (nSPS) is 9.95. The summed E-state index contributed by atoms with van der Waals surface area (Å²) in [7, 11) is 0. The maximum absolute atomic E-state index is 13.0. The lowest BCUT2D eigenvalue weighted by molar-refractivity contribution is 0.0998. The number of carbonyl (C=O) groups excluding carboxylic acids is 2. The number of hydrogen-bond acceptors (Lipinski definition) is 3. The standard InChI is InChI=1S/C14H10FNO3/c15-10-5-6-12(9(7-10)8-17)19-13-4-2-1-3-11(13)14(16)18/h1-8H,(H2,16,18). The van der Waals surface area contributed by atoms with Crippen molar-refractivity contribution in [1.82, 2.24) is 0 Å². The average Bonchev–Trinajstić information content (AvgIpc) is 2.41. The maximum Gasteiger partial charge on any atom is 0.252 e. The Bertz CT molecular complexity index is 640. The molecule has 2 N–H and O–H groups in total. The molecular weight excluding hydrogens is 249 g/mol. The molecule has 0 atom stereocenters. The lowest BCUT2D eigenvalue weighted by Gasteiger charge is -2.10. The van der Waals surface area contributed by atoms with Crippen LogP contribution < -0.4 is 10.5 Å². The fourth-order valence-corrected chi connectivity index (χ4v) is 1.58. The maximum atomic E-state index is 13.0. The molecule has 0 heterocycles. The second-order valence-corrected chi connectivity index (χ2v) is 3.76. The van der Waals surface area contributed by atoms with Crippen LogP contribution in [0, 0.1) is 5.82 Å². The predicted octanol–water partition coefficient (Wildman–Crippen LogP) is 2.53. The molecule has 0 aliphatic heterocycles. The summed E-state index contributed by atoms with van der Waals surface area (Å²) < 4.78 is 18.4. The fraction of sp³-hybridized carbons (Fsp3) is 0. The minimum Gasteiger partial charge on any atom is -0.456 e. The van der Waals surface area contributed by atoms with Crippen molar-refractivity contribution in [2.45, 2.75) is 0 Å². The summed E-state index contributed by atoms with van der Waals surface area (Å²) >= 11 is 0. The highest BCUT2D eigenvalue weighted by Gasteiger charge is 2.11. The Balaban J connectivity index is 2.42. The number of nitrogens with two attached hydrogens (primary N) is 1. The minimum absolute atomic E-state index is 0.0549. The zero-order chi connectivity index (χ0) is 13.8. The summed E-state index contributed by atoms with van der Waals surface area (Å²) in [6, 6.07) is 9.87. The van der Waals surface area contributed by atoms with Gasteiger partial charge in [0.1, 0.15) is 17.3 Å². The highest BCUT2D eigenvalue weighted by Crippen LogP contribution is 2.27. The van der Waals surface area contributed by atoms with Crippen LogP contribution in [0.4, 0.5) is 4.39 Å². The number of aldehydes is 1. The lowest BCUT2D eigenvalue weighted by atomic mass is 10.2. The summed E-state index contributed by atoms with van der Waals surface area (Å²) in [5.41, 5.74) is 5.45. The van der Waals surface area contributed by atoms with Gasteiger partial charge in [-0.1, -0.05) is 12.1 Å². The van der Waals surface area contributed by atoms with Crippen molar-refractivity contribution in [3.05, 3.63) is 59.4 Å². The summed E-state index contributed by atoms with van der Waals surface area (Å²) in [6.45, 7) is 0. The first kappa shape index (κ1) is 12.8. The molecule has 0 saturated heterocycles. The first-order chi connectivity index (χ1) is 9.11. The number of para-hydroxylation sites is 1. The van der Waals surface area contributed by atoms with E-state index in [1.54, 1.807) is 12.1 Å². The predicted molar refractivity (Wildman–Crippen MR) is 66.8 cm³/mol. The molecule has 4 nitrogen and oxygen atoms in total. The molecule has 1 amide bonds. The van der Waals surface area contributed by atoms with Crippen LogP contribution in [-0.2, 0) is 0 Å². The monoisotopic (exact) mass is 259 g/mol. The topological polar surface area (TPSA) is 69.4 Å². The van der Waals surface area contributed by atoms with Crippen molar-refractivity contribution in [2.24, 2.45) is 5.73 Å². The van der Waals surface area contributed by atoms with E-state index in [2.05, 4.69) is 0 Å². The molecule has 0 aliphatic carbocycles. The third-order valence-electron chi connectivity index (χ3n) is 2.47. The Morgan fingerprint density at radius 1 is 1.16 bits per heavy atom. The average molecular weight is 259 g/mol. The van der Waals surface area contributed by atoms with E-state index in [4.69, 9.17) is 10.5 Å². The first-order valence-electron chi connectivity index (χ1n) is 5.43. The van der Waals surface area contributed by atoms with Crippen molar-refractivity contribution in [1.29, 1.82) is 0 Å². The number of primary amides is 1. The molecule has 0 unspecified atom stereocenters. The number of benzene rings is 2. The summed E-state index contributed by atoms with van der Waals surface area (Å²) in [4.78, 5) is 22.1. The van der Waals surface area contributed by atoms with Crippen LogP contribution in [0.5, 0.6) is 11.5 Å². The molecule has 96 valence electrons. The third-order valence-corrected chi connectivity index (χ3v) is 2.47. The molecule has 0 aliphatic rings. The van der Waals surface area contributed by atoms with Crippen molar-refractivity contribution in [3.63, 3.8) is 0 Å². The van der Waals surface area contributed by atoms with Gasteiger partial charge in [0, 0.05) is 0 Å². The molecule has 0 aromatic heterocycles. The number of halogens is 1. The second-order valence-electron chi connectivity index (χ2n) is 3.76. The molecule has 0 saturated carbocycles. The van der Waals surface area contributed by atoms with Gasteiger partial charge in [-0.2, -0.15) is 0 Å². The molecular formula is C14H10FNO3. The number of ether oxygens (including phenoxy) is 1. The van der Waals surface area contributed by atoms with E-state index in [0.717, 1.165) is 12.1 Å². The van der Waals surface area contributed by atoms with Crippen LogP contribution in [0.25, 0.3) is 0 Å². The highest BCUT2D eigenvalue weighted by atomic mass is 19.1. The van der Waals surface area contributed by atoms with Gasteiger partial charge in [-0.3, -0.25) is 9.59 Å². The zero-order valence-corrected chi connectivity index (χ0v) is 9.80. The van der Waals surface area contributed by atoms with Gasteiger partial charge in [-0.25, -0.2) is 4.39 Å². The molecule has 2 aromatic rings. The Labute approximate surface area is 108 Å². The van der Waals surface area contributed by atoms with Crippen LogP contribution in [0.3, 0.4) is 0 Å². The summed E-state index contributed by atoms with van der Waals surface area (Å²) in [6.07, 6.45) is 0.477. The molecule has 0 fully saturated rings. The van der Waals surface area contributed by atoms with E-state index >= 15 is 0 Å². The SMILES string of the molecule is NC(=O)c1ccccc1Oc1ccc(F)cc1C=O. The van der Waals surface area contributed by atoms with Crippen molar-refractivity contribution >= 4 is 12.2 Å². The van der Waals surface area contributed by atoms with Crippen LogP contribution in [0.2, 0.25) is 0 Å². The van der Waals surface area contributed by atoms with Gasteiger partial charge < -0.3 is 10.5 Å². The van der Waals surface area contributed by atoms with Crippen LogP contribution >= 0.6 is 0 Å². The van der Waals surface area contributed by atoms with Gasteiger partial charge in [0.05, 0.1) is 11.1 Å². The van der Waals surface area contributed by atoms with E-state index < -0.39 is 11.7 Å². The van der Waals surface area contributed by atoms with Crippen molar-refractivity contribution in [2.75, 3.05) is 0 Å². The van der Waals surface area contributed by atoms with Crippen LogP contribution in [0.15, 0.2) is 42.5 Å². The Kier molecular flexibility index (Phi) is 3.56. The van der Waals surface area contributed by atoms with E-state index in [9.17, 15) is 14.0 Å². The molecule has 2 aromatic carbocycles. The molecule has 0 radical (unpaired) electrons. The number of amides is 1. The Hall–Kier alpha value is -2.69. The van der Waals surface area contributed by atoms with Gasteiger partial charge in [-0.05, 0) is 30.3 Å².